The Morgan fingerprint density at radius 1 is 1.05 bits per heavy atom. The van der Waals surface area contributed by atoms with E-state index in [1.807, 2.05) is 55.4 Å². The van der Waals surface area contributed by atoms with Crippen LogP contribution in [0.25, 0.3) is 0 Å². The number of rotatable bonds is 6. The number of aromatic hydroxyl groups is 1. The van der Waals surface area contributed by atoms with E-state index < -0.39 is 64.7 Å². The van der Waals surface area contributed by atoms with Gasteiger partial charge in [-0.1, -0.05) is 30.3 Å². The highest BCUT2D eigenvalue weighted by atomic mass is 16.3. The quantitative estimate of drug-likeness (QED) is 0.367. The number of nitrogens with two attached hydrogens (primary N) is 1. The molecule has 0 heterocycles. The summed E-state index contributed by atoms with van der Waals surface area (Å²) in [5, 5.41) is 34.2. The number of ketones is 3. The molecule has 2 saturated carbocycles. The van der Waals surface area contributed by atoms with E-state index in [0.29, 0.717) is 24.0 Å². The van der Waals surface area contributed by atoms with Crippen molar-refractivity contribution in [1.29, 1.82) is 0 Å². The molecule has 3 unspecified atom stereocenters. The van der Waals surface area contributed by atoms with Crippen LogP contribution in [0.1, 0.15) is 33.5 Å². The molecular weight excluding hydrogens is 526 g/mol. The van der Waals surface area contributed by atoms with Crippen LogP contribution in [0.2, 0.25) is 0 Å². The van der Waals surface area contributed by atoms with E-state index in [2.05, 4.69) is 0 Å². The molecule has 5 rings (SSSR count). The number of phenolic OH excluding ortho intramolecular Hbond substituents is 1. The molecule has 7 atom stereocenters. The molecule has 218 valence electrons. The van der Waals surface area contributed by atoms with Gasteiger partial charge in [0.15, 0.2) is 23.0 Å². The standard InChI is InChI=1S/C31H37N3O7/c1-33(2)20-14-16(11-10-15-8-6-5-7-9-15)25(35)22-18(20)12-17-13-19-24(34(3)4)27(37)23(30(32)40)29(39)31(19,41)28(38)21(17)26(22)36/h5-9,14,17,19,21,23-24,27,35,37,41H,10-13H2,1-4H3,(H2,32,40)/t17-,19-,21?,23?,24-,27?,31-/m1/s1. The van der Waals surface area contributed by atoms with Gasteiger partial charge >= 0.3 is 0 Å². The SMILES string of the molecule is CN(C)c1cc(CCc2ccccc2)c(O)c2c1C[C@@H]1C[C@@H]3[C@@H](N(C)C)C(O)C(C(N)=O)C(=O)[C@]3(O)C(=O)C1C2=O. The van der Waals surface area contributed by atoms with Crippen LogP contribution >= 0.6 is 0 Å². The first-order chi connectivity index (χ1) is 19.3. The number of phenols is 1. The van der Waals surface area contributed by atoms with Gasteiger partial charge in [0.2, 0.25) is 5.91 Å². The number of benzene rings is 2. The minimum Gasteiger partial charge on any atom is -0.507 e. The Kier molecular flexibility index (Phi) is 7.30. The number of nitrogens with zero attached hydrogens (tertiary/aromatic N) is 2. The number of aliphatic hydroxyl groups is 2. The lowest BCUT2D eigenvalue weighted by Crippen LogP contribution is -2.75. The molecule has 1 amide bonds. The average Bonchev–Trinajstić information content (AvgIpc) is 2.90. The van der Waals surface area contributed by atoms with E-state index in [9.17, 15) is 34.5 Å². The molecule has 10 nitrogen and oxygen atoms in total. The first-order valence-corrected chi connectivity index (χ1v) is 13.9. The highest BCUT2D eigenvalue weighted by Gasteiger charge is 2.69. The molecule has 10 heteroatoms. The van der Waals surface area contributed by atoms with Crippen LogP contribution in [-0.2, 0) is 33.6 Å². The second-order valence-corrected chi connectivity index (χ2v) is 12.1. The minimum atomic E-state index is -2.67. The monoisotopic (exact) mass is 563 g/mol. The van der Waals surface area contributed by atoms with Crippen molar-refractivity contribution >= 4 is 28.9 Å². The second kappa shape index (κ2) is 10.3. The summed E-state index contributed by atoms with van der Waals surface area (Å²) in [6.07, 6.45) is -0.110. The molecule has 2 aromatic rings. The minimum absolute atomic E-state index is 0.0369. The molecule has 2 aromatic carbocycles. The van der Waals surface area contributed by atoms with Crippen molar-refractivity contribution < 1.29 is 34.5 Å². The van der Waals surface area contributed by atoms with Crippen LogP contribution in [-0.4, -0.2) is 89.4 Å². The topological polar surface area (TPSA) is 161 Å². The zero-order valence-corrected chi connectivity index (χ0v) is 23.7. The number of primary amides is 1. The Hall–Kier alpha value is -3.60. The third-order valence-corrected chi connectivity index (χ3v) is 9.35. The molecule has 0 saturated heterocycles. The van der Waals surface area contributed by atoms with Crippen molar-refractivity contribution in [3.05, 3.63) is 58.7 Å². The molecule has 0 aliphatic heterocycles. The first-order valence-electron chi connectivity index (χ1n) is 13.9. The Labute approximate surface area is 238 Å². The number of hydrogen-bond donors (Lipinski definition) is 4. The average molecular weight is 564 g/mol. The summed E-state index contributed by atoms with van der Waals surface area (Å²) in [6.45, 7) is 0. The molecule has 5 N–H and O–H groups in total. The van der Waals surface area contributed by atoms with Crippen molar-refractivity contribution in [2.75, 3.05) is 33.1 Å². The van der Waals surface area contributed by atoms with Gasteiger partial charge in [-0.25, -0.2) is 0 Å². The molecule has 0 spiro atoms. The molecule has 3 aliphatic rings. The molecule has 2 fully saturated rings. The van der Waals surface area contributed by atoms with Crippen LogP contribution in [0.5, 0.6) is 5.75 Å². The van der Waals surface area contributed by atoms with Crippen molar-refractivity contribution in [2.45, 2.75) is 43.4 Å². The number of anilines is 1. The third kappa shape index (κ3) is 4.36. The molecule has 41 heavy (non-hydrogen) atoms. The number of amides is 1. The Morgan fingerprint density at radius 3 is 2.29 bits per heavy atom. The number of hydrogen-bond acceptors (Lipinski definition) is 9. The zero-order chi connectivity index (χ0) is 30.0. The summed E-state index contributed by atoms with van der Waals surface area (Å²) in [6, 6.07) is 10.7. The smallest absolute Gasteiger partial charge is 0.230 e. The van der Waals surface area contributed by atoms with E-state index in [1.54, 1.807) is 19.0 Å². The summed E-state index contributed by atoms with van der Waals surface area (Å²) >= 11 is 0. The van der Waals surface area contributed by atoms with Gasteiger partial charge in [-0.05, 0) is 68.5 Å². The van der Waals surface area contributed by atoms with Crippen LogP contribution < -0.4 is 10.6 Å². The zero-order valence-electron chi connectivity index (χ0n) is 23.7. The van der Waals surface area contributed by atoms with E-state index in [0.717, 1.165) is 11.3 Å². The first kappa shape index (κ1) is 28.9. The fraction of sp³-hybridized carbons (Fsp3) is 0.484. The normalized spacial score (nSPS) is 31.0. The van der Waals surface area contributed by atoms with Gasteiger partial charge in [-0.15, -0.1) is 0 Å². The van der Waals surface area contributed by atoms with Crippen LogP contribution in [0.3, 0.4) is 0 Å². The fourth-order valence-electron chi connectivity index (χ4n) is 7.44. The van der Waals surface area contributed by atoms with Crippen molar-refractivity contribution in [3.8, 4) is 5.75 Å². The number of likely N-dealkylation sites (N-methyl/N-ethyl adjacent to an activating group) is 1. The lowest BCUT2D eigenvalue weighted by Gasteiger charge is -2.55. The van der Waals surface area contributed by atoms with Gasteiger partial charge in [0.05, 0.1) is 17.6 Å². The third-order valence-electron chi connectivity index (χ3n) is 9.35. The van der Waals surface area contributed by atoms with Crippen molar-refractivity contribution in [1.82, 2.24) is 4.90 Å². The fourth-order valence-corrected chi connectivity index (χ4v) is 7.44. The summed E-state index contributed by atoms with van der Waals surface area (Å²) < 4.78 is 0. The number of aliphatic hydroxyl groups excluding tert-OH is 1. The van der Waals surface area contributed by atoms with Gasteiger partial charge in [-0.3, -0.25) is 19.2 Å². The lowest BCUT2D eigenvalue weighted by molar-refractivity contribution is -0.190. The number of Topliss-reactive ketones (excluding diaryl/α,β-unsaturated/α-hetero) is 3. The molecule has 0 bridgehead atoms. The van der Waals surface area contributed by atoms with Gasteiger partial charge in [-0.2, -0.15) is 0 Å². The largest absolute Gasteiger partial charge is 0.507 e. The van der Waals surface area contributed by atoms with Crippen LogP contribution in [0.15, 0.2) is 36.4 Å². The van der Waals surface area contributed by atoms with E-state index >= 15 is 0 Å². The van der Waals surface area contributed by atoms with Crippen LogP contribution in [0.4, 0.5) is 5.69 Å². The predicted octanol–water partition coefficient (Wildman–Crippen LogP) is 0.510. The van der Waals surface area contributed by atoms with Gasteiger partial charge in [0, 0.05) is 31.7 Å². The molecule has 0 aromatic heterocycles. The summed E-state index contributed by atoms with van der Waals surface area (Å²) in [7, 11) is 6.94. The predicted molar refractivity (Wildman–Crippen MR) is 151 cm³/mol. The maximum absolute atomic E-state index is 14.1. The maximum Gasteiger partial charge on any atom is 0.230 e. The van der Waals surface area contributed by atoms with Gasteiger partial charge in [0.25, 0.3) is 0 Å². The number of fused-ring (bicyclic) bond motifs is 3. The highest BCUT2D eigenvalue weighted by Crippen LogP contribution is 2.52. The van der Waals surface area contributed by atoms with Crippen molar-refractivity contribution in [2.24, 2.45) is 29.4 Å². The summed E-state index contributed by atoms with van der Waals surface area (Å²) in [5.41, 5.74) is 5.79. The van der Waals surface area contributed by atoms with E-state index in [1.165, 1.54) is 0 Å². The maximum atomic E-state index is 14.1. The second-order valence-electron chi connectivity index (χ2n) is 12.1. The highest BCUT2D eigenvalue weighted by molar-refractivity contribution is 6.25. The Balaban J connectivity index is 1.60. The summed E-state index contributed by atoms with van der Waals surface area (Å²) in [5.74, 6) is -8.97. The molecule has 0 radical (unpaired) electrons. The molecular formula is C31H37N3O7. The van der Waals surface area contributed by atoms with Gasteiger partial charge < -0.3 is 30.9 Å². The van der Waals surface area contributed by atoms with E-state index in [4.69, 9.17) is 5.73 Å². The Morgan fingerprint density at radius 2 is 1.71 bits per heavy atom. The van der Waals surface area contributed by atoms with Crippen LogP contribution in [0, 0.1) is 23.7 Å². The lowest BCUT2D eigenvalue weighted by atomic mass is 9.52. The van der Waals surface area contributed by atoms with E-state index in [-0.39, 0.29) is 24.2 Å². The summed E-state index contributed by atoms with van der Waals surface area (Å²) in [4.78, 5) is 57.4. The number of carbonyl (C=O) groups is 4. The number of aryl methyl sites for hydroxylation is 2. The van der Waals surface area contributed by atoms with Crippen molar-refractivity contribution in [3.63, 3.8) is 0 Å². The number of carbonyl (C=O) groups excluding carboxylic acids is 4. The Bertz CT molecular complexity index is 1420. The van der Waals surface area contributed by atoms with Gasteiger partial charge in [0.1, 0.15) is 11.7 Å². The molecule has 3 aliphatic carbocycles.